The summed E-state index contributed by atoms with van der Waals surface area (Å²) >= 11 is 1.46. The molecule has 2 aromatic carbocycles. The Morgan fingerprint density at radius 2 is 1.88 bits per heavy atom. The van der Waals surface area contributed by atoms with Crippen LogP contribution in [-0.4, -0.2) is 25.1 Å². The number of thiazole rings is 1. The van der Waals surface area contributed by atoms with Gasteiger partial charge in [-0.3, -0.25) is 9.69 Å². The van der Waals surface area contributed by atoms with Crippen LogP contribution in [0.3, 0.4) is 0 Å². The lowest BCUT2D eigenvalue weighted by atomic mass is 10.1. The Morgan fingerprint density at radius 3 is 2.59 bits per heavy atom. The van der Waals surface area contributed by atoms with Crippen molar-refractivity contribution in [2.75, 3.05) is 10.7 Å². The molecule has 0 aliphatic carbocycles. The van der Waals surface area contributed by atoms with E-state index >= 15 is 0 Å². The number of hydrogen-bond donors (Lipinski definition) is 0. The topological polar surface area (TPSA) is 80.5 Å². The van der Waals surface area contributed by atoms with E-state index in [0.717, 1.165) is 21.3 Å². The van der Waals surface area contributed by atoms with Gasteiger partial charge in [0.2, 0.25) is 5.91 Å². The van der Waals surface area contributed by atoms with Crippen LogP contribution in [0.4, 0.5) is 5.13 Å². The number of rotatable bonds is 8. The zero-order valence-electron chi connectivity index (χ0n) is 17.9. The molecule has 166 valence electrons. The van der Waals surface area contributed by atoms with Gasteiger partial charge in [-0.25, -0.2) is 13.4 Å². The second-order valence-corrected chi connectivity index (χ2v) is 10.8. The van der Waals surface area contributed by atoms with E-state index in [1.807, 2.05) is 26.0 Å². The summed E-state index contributed by atoms with van der Waals surface area (Å²) in [6.07, 6.45) is 1.89. The lowest BCUT2D eigenvalue weighted by Crippen LogP contribution is -2.30. The van der Waals surface area contributed by atoms with Crippen LogP contribution in [0.1, 0.15) is 29.7 Å². The third-order valence-corrected chi connectivity index (χ3v) is 8.19. The van der Waals surface area contributed by atoms with Crippen LogP contribution in [0.25, 0.3) is 10.2 Å². The smallest absolute Gasteiger partial charge is 0.229 e. The van der Waals surface area contributed by atoms with Crippen molar-refractivity contribution in [2.45, 2.75) is 38.1 Å². The third kappa shape index (κ3) is 4.92. The first-order valence-corrected chi connectivity index (χ1v) is 12.8. The first-order valence-electron chi connectivity index (χ1n) is 10.3. The quantitative estimate of drug-likeness (QED) is 0.351. The van der Waals surface area contributed by atoms with E-state index in [-0.39, 0.29) is 35.9 Å². The highest BCUT2D eigenvalue weighted by atomic mass is 32.2. The molecule has 0 fully saturated rings. The van der Waals surface area contributed by atoms with Crippen LogP contribution in [0.5, 0.6) is 0 Å². The molecule has 8 heteroatoms. The first kappa shape index (κ1) is 22.2. The van der Waals surface area contributed by atoms with E-state index in [4.69, 9.17) is 9.40 Å². The molecule has 0 aliphatic heterocycles. The van der Waals surface area contributed by atoms with Gasteiger partial charge >= 0.3 is 0 Å². The van der Waals surface area contributed by atoms with Crippen molar-refractivity contribution >= 4 is 42.4 Å². The normalized spacial score (nSPS) is 11.7. The summed E-state index contributed by atoms with van der Waals surface area (Å²) in [5, 5.41) is 0.584. The second kappa shape index (κ2) is 9.26. The third-order valence-electron chi connectivity index (χ3n) is 5.14. The largest absolute Gasteiger partial charge is 0.467 e. The minimum absolute atomic E-state index is 0.0878. The lowest BCUT2D eigenvalue weighted by Gasteiger charge is -2.18. The Morgan fingerprint density at radius 1 is 1.09 bits per heavy atom. The predicted molar refractivity (Wildman–Crippen MR) is 127 cm³/mol. The molecule has 0 aliphatic rings. The fraction of sp³-hybridized carbons (Fsp3) is 0.250. The molecule has 0 spiro atoms. The van der Waals surface area contributed by atoms with Gasteiger partial charge in [-0.15, -0.1) is 0 Å². The van der Waals surface area contributed by atoms with Crippen molar-refractivity contribution in [2.24, 2.45) is 0 Å². The first-order chi connectivity index (χ1) is 15.3. The SMILES string of the molecule is Cc1cc(C)c2sc(N(Cc3ccco3)C(=O)CCCS(=O)(=O)c3ccccc3)nc2c1. The van der Waals surface area contributed by atoms with E-state index in [1.54, 1.807) is 47.6 Å². The number of sulfone groups is 1. The van der Waals surface area contributed by atoms with Gasteiger partial charge in [0.25, 0.3) is 0 Å². The summed E-state index contributed by atoms with van der Waals surface area (Å²) in [6, 6.07) is 16.0. The maximum atomic E-state index is 13.2. The number of nitrogens with zero attached hydrogens (tertiary/aromatic N) is 2. The monoisotopic (exact) mass is 468 g/mol. The van der Waals surface area contributed by atoms with Crippen LogP contribution in [-0.2, 0) is 21.2 Å². The number of carbonyl (C=O) groups excluding carboxylic acids is 1. The van der Waals surface area contributed by atoms with Crippen LogP contribution in [0.2, 0.25) is 0 Å². The van der Waals surface area contributed by atoms with Crippen LogP contribution < -0.4 is 4.90 Å². The number of furan rings is 1. The van der Waals surface area contributed by atoms with Crippen molar-refractivity contribution in [3.8, 4) is 0 Å². The lowest BCUT2D eigenvalue weighted by molar-refractivity contribution is -0.118. The van der Waals surface area contributed by atoms with Crippen LogP contribution >= 0.6 is 11.3 Å². The maximum absolute atomic E-state index is 13.2. The van der Waals surface area contributed by atoms with Crippen molar-refractivity contribution in [3.05, 3.63) is 77.7 Å². The average Bonchev–Trinajstić information content (AvgIpc) is 3.42. The molecule has 0 unspecified atom stereocenters. The van der Waals surface area contributed by atoms with Crippen molar-refractivity contribution < 1.29 is 17.6 Å². The molecule has 2 aromatic heterocycles. The van der Waals surface area contributed by atoms with E-state index in [2.05, 4.69) is 6.07 Å². The van der Waals surface area contributed by atoms with E-state index in [0.29, 0.717) is 10.9 Å². The summed E-state index contributed by atoms with van der Waals surface area (Å²) < 4.78 is 31.6. The van der Waals surface area contributed by atoms with Crippen molar-refractivity contribution in [3.63, 3.8) is 0 Å². The second-order valence-electron chi connectivity index (χ2n) is 7.72. The highest BCUT2D eigenvalue weighted by Crippen LogP contribution is 2.33. The summed E-state index contributed by atoms with van der Waals surface area (Å²) in [6.45, 7) is 4.30. The van der Waals surface area contributed by atoms with Crippen molar-refractivity contribution in [1.82, 2.24) is 4.98 Å². The number of aryl methyl sites for hydroxylation is 2. The highest BCUT2D eigenvalue weighted by Gasteiger charge is 2.23. The Balaban J connectivity index is 1.54. The van der Waals surface area contributed by atoms with E-state index < -0.39 is 9.84 Å². The molecule has 0 bridgehead atoms. The van der Waals surface area contributed by atoms with Gasteiger partial charge in [0.05, 0.1) is 33.7 Å². The minimum atomic E-state index is -3.43. The molecule has 0 radical (unpaired) electrons. The zero-order valence-corrected chi connectivity index (χ0v) is 19.6. The van der Waals surface area contributed by atoms with Crippen LogP contribution in [0.15, 0.2) is 70.2 Å². The summed E-state index contributed by atoms with van der Waals surface area (Å²) in [5.41, 5.74) is 3.08. The number of anilines is 1. The van der Waals surface area contributed by atoms with Gasteiger partial charge < -0.3 is 4.42 Å². The molecular weight excluding hydrogens is 444 g/mol. The van der Waals surface area contributed by atoms with Crippen LogP contribution in [0, 0.1) is 13.8 Å². The number of fused-ring (bicyclic) bond motifs is 1. The molecular formula is C24H24N2O4S2. The number of aromatic nitrogens is 1. The number of amides is 1. The average molecular weight is 469 g/mol. The standard InChI is InChI=1S/C24H24N2O4S2/c1-17-14-18(2)23-21(15-17)25-24(31-23)26(16-19-8-6-12-30-19)22(27)11-7-13-32(28,29)20-9-4-3-5-10-20/h3-6,8-10,12,14-15H,7,11,13,16H2,1-2H3. The fourth-order valence-electron chi connectivity index (χ4n) is 3.60. The molecule has 4 aromatic rings. The summed E-state index contributed by atoms with van der Waals surface area (Å²) in [4.78, 5) is 19.7. The minimum Gasteiger partial charge on any atom is -0.467 e. The van der Waals surface area contributed by atoms with E-state index in [1.165, 1.54) is 11.3 Å². The maximum Gasteiger partial charge on any atom is 0.229 e. The summed E-state index contributed by atoms with van der Waals surface area (Å²) in [5.74, 6) is 0.371. The number of carbonyl (C=O) groups is 1. The van der Waals surface area contributed by atoms with E-state index in [9.17, 15) is 13.2 Å². The van der Waals surface area contributed by atoms with Gasteiger partial charge in [0.1, 0.15) is 5.76 Å². The molecule has 0 atom stereocenters. The molecule has 6 nitrogen and oxygen atoms in total. The molecule has 4 rings (SSSR count). The van der Waals surface area contributed by atoms with Crippen molar-refractivity contribution in [1.29, 1.82) is 0 Å². The van der Waals surface area contributed by atoms with Gasteiger partial charge in [-0.05, 0) is 61.7 Å². The predicted octanol–water partition coefficient (Wildman–Crippen LogP) is 5.29. The van der Waals surface area contributed by atoms with Gasteiger partial charge in [0.15, 0.2) is 15.0 Å². The Bertz CT molecular complexity index is 1330. The molecule has 0 saturated carbocycles. The molecule has 1 amide bonds. The summed E-state index contributed by atoms with van der Waals surface area (Å²) in [7, 11) is -3.43. The Hall–Kier alpha value is -2.97. The number of benzene rings is 2. The fourth-order valence-corrected chi connectivity index (χ4v) is 5.96. The molecule has 2 heterocycles. The van der Waals surface area contributed by atoms with Gasteiger partial charge in [-0.1, -0.05) is 35.6 Å². The highest BCUT2D eigenvalue weighted by molar-refractivity contribution is 7.91. The number of hydrogen-bond acceptors (Lipinski definition) is 6. The Kier molecular flexibility index (Phi) is 6.43. The van der Waals surface area contributed by atoms with Gasteiger partial charge in [-0.2, -0.15) is 0 Å². The molecule has 32 heavy (non-hydrogen) atoms. The van der Waals surface area contributed by atoms with Gasteiger partial charge in [0, 0.05) is 6.42 Å². The molecule has 0 N–H and O–H groups in total. The Labute approximate surface area is 191 Å². The zero-order chi connectivity index (χ0) is 22.7. The molecule has 0 saturated heterocycles.